The Morgan fingerprint density at radius 1 is 1.11 bits per heavy atom. The van der Waals surface area contributed by atoms with E-state index in [9.17, 15) is 0 Å². The number of hydrogen-bond donors (Lipinski definition) is 1. The van der Waals surface area contributed by atoms with Gasteiger partial charge in [-0.1, -0.05) is 40.2 Å². The molecule has 2 aromatic carbocycles. The smallest absolute Gasteiger partial charge is 0.0440 e. The van der Waals surface area contributed by atoms with Crippen molar-refractivity contribution in [1.29, 1.82) is 0 Å². The second-order valence-corrected chi connectivity index (χ2v) is 5.05. The predicted molar refractivity (Wildman–Crippen MR) is 81.7 cm³/mol. The average molecular weight is 305 g/mol. The normalized spacial score (nSPS) is 10.3. The predicted octanol–water partition coefficient (Wildman–Crippen LogP) is 4.06. The van der Waals surface area contributed by atoms with Crippen molar-refractivity contribution in [3.8, 4) is 0 Å². The van der Waals surface area contributed by atoms with E-state index in [1.54, 1.807) is 0 Å². The molecule has 0 radical (unpaired) electrons. The average Bonchev–Trinajstić information content (AvgIpc) is 2.38. The molecule has 18 heavy (non-hydrogen) atoms. The summed E-state index contributed by atoms with van der Waals surface area (Å²) in [5.74, 6) is 0. The van der Waals surface area contributed by atoms with Gasteiger partial charge >= 0.3 is 0 Å². The monoisotopic (exact) mass is 304 g/mol. The van der Waals surface area contributed by atoms with Gasteiger partial charge in [0, 0.05) is 28.9 Å². The number of nitrogen functional groups attached to an aromatic ring is 1. The van der Waals surface area contributed by atoms with Crippen LogP contribution >= 0.6 is 15.9 Å². The molecular weight excluding hydrogens is 288 g/mol. The highest BCUT2D eigenvalue weighted by Crippen LogP contribution is 2.23. The number of rotatable bonds is 4. The molecule has 0 unspecified atom stereocenters. The van der Waals surface area contributed by atoms with Crippen LogP contribution < -0.4 is 10.6 Å². The van der Waals surface area contributed by atoms with Crippen LogP contribution in [0.1, 0.15) is 12.5 Å². The van der Waals surface area contributed by atoms with Crippen LogP contribution in [0.5, 0.6) is 0 Å². The first-order valence-corrected chi connectivity index (χ1v) is 6.84. The maximum Gasteiger partial charge on any atom is 0.0440 e. The van der Waals surface area contributed by atoms with E-state index in [4.69, 9.17) is 5.73 Å². The Morgan fingerprint density at radius 3 is 2.56 bits per heavy atom. The first kappa shape index (κ1) is 13.0. The van der Waals surface area contributed by atoms with E-state index < -0.39 is 0 Å². The molecule has 0 aliphatic rings. The molecule has 2 aromatic rings. The highest BCUT2D eigenvalue weighted by atomic mass is 79.9. The molecule has 0 saturated carbocycles. The Morgan fingerprint density at radius 2 is 1.89 bits per heavy atom. The van der Waals surface area contributed by atoms with Crippen LogP contribution in [-0.4, -0.2) is 6.54 Å². The molecule has 94 valence electrons. The fourth-order valence-corrected chi connectivity index (χ4v) is 2.35. The second-order valence-electron chi connectivity index (χ2n) is 4.20. The van der Waals surface area contributed by atoms with Gasteiger partial charge in [0.25, 0.3) is 0 Å². The van der Waals surface area contributed by atoms with Crippen LogP contribution in [0.4, 0.5) is 11.4 Å². The molecule has 0 fully saturated rings. The Kier molecular flexibility index (Phi) is 4.26. The lowest BCUT2D eigenvalue weighted by Gasteiger charge is -2.24. The fraction of sp³-hybridized carbons (Fsp3) is 0.200. The first-order valence-electron chi connectivity index (χ1n) is 6.04. The highest BCUT2D eigenvalue weighted by molar-refractivity contribution is 9.10. The zero-order valence-electron chi connectivity index (χ0n) is 10.4. The van der Waals surface area contributed by atoms with Crippen molar-refractivity contribution in [2.45, 2.75) is 13.5 Å². The Bertz CT molecular complexity index is 525. The third-order valence-electron chi connectivity index (χ3n) is 2.94. The third-order valence-corrected chi connectivity index (χ3v) is 3.71. The van der Waals surface area contributed by atoms with Gasteiger partial charge in [-0.05, 0) is 36.8 Å². The molecule has 0 bridgehead atoms. The van der Waals surface area contributed by atoms with Crippen molar-refractivity contribution in [2.24, 2.45) is 0 Å². The number of halogens is 1. The molecule has 0 saturated heterocycles. The lowest BCUT2D eigenvalue weighted by molar-refractivity contribution is 0.829. The lowest BCUT2D eigenvalue weighted by Crippen LogP contribution is -2.22. The maximum absolute atomic E-state index is 5.84. The highest BCUT2D eigenvalue weighted by Gasteiger charge is 2.07. The molecule has 2 N–H and O–H groups in total. The van der Waals surface area contributed by atoms with Gasteiger partial charge in [-0.25, -0.2) is 0 Å². The minimum absolute atomic E-state index is 0.804. The largest absolute Gasteiger partial charge is 0.399 e. The fourth-order valence-electron chi connectivity index (χ4n) is 1.94. The Labute approximate surface area is 117 Å². The summed E-state index contributed by atoms with van der Waals surface area (Å²) in [6.07, 6.45) is 0. The SMILES string of the molecule is CCN(Cc1ccccc1Br)c1cccc(N)c1. The van der Waals surface area contributed by atoms with Gasteiger partial charge < -0.3 is 10.6 Å². The Balaban J connectivity index is 2.23. The van der Waals surface area contributed by atoms with Crippen LogP contribution in [0, 0.1) is 0 Å². The van der Waals surface area contributed by atoms with E-state index in [2.05, 4.69) is 52.0 Å². The molecule has 2 rings (SSSR count). The van der Waals surface area contributed by atoms with Gasteiger partial charge in [0.15, 0.2) is 0 Å². The summed E-state index contributed by atoms with van der Waals surface area (Å²) in [5, 5.41) is 0. The first-order chi connectivity index (χ1) is 8.70. The summed E-state index contributed by atoms with van der Waals surface area (Å²) < 4.78 is 1.15. The van der Waals surface area contributed by atoms with Crippen LogP contribution in [-0.2, 0) is 6.54 Å². The van der Waals surface area contributed by atoms with Crippen LogP contribution in [0.25, 0.3) is 0 Å². The number of anilines is 2. The number of benzene rings is 2. The summed E-state index contributed by atoms with van der Waals surface area (Å²) in [4.78, 5) is 2.30. The zero-order valence-corrected chi connectivity index (χ0v) is 12.0. The van der Waals surface area contributed by atoms with Crippen molar-refractivity contribution < 1.29 is 0 Å². The van der Waals surface area contributed by atoms with Crippen LogP contribution in [0.15, 0.2) is 53.0 Å². The van der Waals surface area contributed by atoms with Crippen LogP contribution in [0.2, 0.25) is 0 Å². The molecule has 0 aliphatic carbocycles. The summed E-state index contributed by atoms with van der Waals surface area (Å²) in [6, 6.07) is 16.3. The molecule has 0 aliphatic heterocycles. The molecule has 0 atom stereocenters. The summed E-state index contributed by atoms with van der Waals surface area (Å²) >= 11 is 3.59. The minimum atomic E-state index is 0.804. The number of hydrogen-bond acceptors (Lipinski definition) is 2. The maximum atomic E-state index is 5.84. The molecule has 0 amide bonds. The van der Waals surface area contributed by atoms with E-state index >= 15 is 0 Å². The van der Waals surface area contributed by atoms with Crippen molar-refractivity contribution in [3.63, 3.8) is 0 Å². The molecular formula is C15H17BrN2. The third kappa shape index (κ3) is 3.05. The van der Waals surface area contributed by atoms with E-state index in [-0.39, 0.29) is 0 Å². The quantitative estimate of drug-likeness (QED) is 0.863. The zero-order chi connectivity index (χ0) is 13.0. The van der Waals surface area contributed by atoms with Gasteiger partial charge in [-0.3, -0.25) is 0 Å². The number of nitrogens with two attached hydrogens (primary N) is 1. The van der Waals surface area contributed by atoms with Crippen molar-refractivity contribution in [2.75, 3.05) is 17.2 Å². The lowest BCUT2D eigenvalue weighted by atomic mass is 10.2. The van der Waals surface area contributed by atoms with E-state index in [1.807, 2.05) is 24.3 Å². The van der Waals surface area contributed by atoms with Crippen molar-refractivity contribution in [1.82, 2.24) is 0 Å². The molecule has 0 spiro atoms. The van der Waals surface area contributed by atoms with Gasteiger partial charge in [0.2, 0.25) is 0 Å². The summed E-state index contributed by atoms with van der Waals surface area (Å²) in [6.45, 7) is 3.98. The molecule has 0 heterocycles. The molecule has 3 heteroatoms. The Hall–Kier alpha value is -1.48. The minimum Gasteiger partial charge on any atom is -0.399 e. The van der Waals surface area contributed by atoms with Crippen molar-refractivity contribution in [3.05, 3.63) is 58.6 Å². The number of nitrogens with zero attached hydrogens (tertiary/aromatic N) is 1. The van der Waals surface area contributed by atoms with Gasteiger partial charge in [-0.15, -0.1) is 0 Å². The summed E-state index contributed by atoms with van der Waals surface area (Å²) in [7, 11) is 0. The van der Waals surface area contributed by atoms with Gasteiger partial charge in [-0.2, -0.15) is 0 Å². The van der Waals surface area contributed by atoms with E-state index in [0.717, 1.165) is 28.9 Å². The van der Waals surface area contributed by atoms with E-state index in [1.165, 1.54) is 5.56 Å². The standard InChI is InChI=1S/C15H17BrN2/c1-2-18(14-8-5-7-13(17)10-14)11-12-6-3-4-9-15(12)16/h3-10H,2,11,17H2,1H3. The molecule has 2 nitrogen and oxygen atoms in total. The summed E-state index contributed by atoms with van der Waals surface area (Å²) in [5.41, 5.74) is 9.08. The van der Waals surface area contributed by atoms with Gasteiger partial charge in [0.1, 0.15) is 0 Å². The van der Waals surface area contributed by atoms with Crippen LogP contribution in [0.3, 0.4) is 0 Å². The molecule has 0 aromatic heterocycles. The van der Waals surface area contributed by atoms with Gasteiger partial charge in [0.05, 0.1) is 0 Å². The second kappa shape index (κ2) is 5.91. The van der Waals surface area contributed by atoms with E-state index in [0.29, 0.717) is 0 Å². The topological polar surface area (TPSA) is 29.3 Å². The van der Waals surface area contributed by atoms with Crippen molar-refractivity contribution >= 4 is 27.3 Å².